The lowest BCUT2D eigenvalue weighted by atomic mass is 9.99. The van der Waals surface area contributed by atoms with Gasteiger partial charge in [0.25, 0.3) is 11.8 Å². The molecule has 0 bridgehead atoms. The first-order valence-electron chi connectivity index (χ1n) is 9.69. The zero-order valence-corrected chi connectivity index (χ0v) is 16.9. The van der Waals surface area contributed by atoms with Crippen molar-refractivity contribution in [1.29, 1.82) is 0 Å². The lowest BCUT2D eigenvalue weighted by Gasteiger charge is -2.31. The molecule has 4 nitrogen and oxygen atoms in total. The minimum Gasteiger partial charge on any atom is -0.362 e. The molecule has 0 unspecified atom stereocenters. The first-order chi connectivity index (χ1) is 14.1. The Hall–Kier alpha value is -3.18. The van der Waals surface area contributed by atoms with Gasteiger partial charge in [0, 0.05) is 18.0 Å². The Balaban J connectivity index is 1.59. The number of rotatable bonds is 3. The molecule has 5 heteroatoms. The van der Waals surface area contributed by atoms with Crippen LogP contribution < -0.4 is 4.90 Å². The Labute approximate surface area is 173 Å². The molecule has 5 rings (SSSR count). The molecule has 0 spiro atoms. The van der Waals surface area contributed by atoms with Gasteiger partial charge in [0.2, 0.25) is 0 Å². The molecule has 3 heterocycles. The van der Waals surface area contributed by atoms with Gasteiger partial charge in [-0.2, -0.15) is 0 Å². The van der Waals surface area contributed by atoms with Crippen LogP contribution in [0.3, 0.4) is 0 Å². The van der Waals surface area contributed by atoms with E-state index in [4.69, 9.17) is 0 Å². The van der Waals surface area contributed by atoms with Crippen LogP contribution in [0, 0.1) is 6.92 Å². The molecule has 2 amide bonds. The van der Waals surface area contributed by atoms with Crippen molar-refractivity contribution in [3.8, 4) is 0 Å². The van der Waals surface area contributed by atoms with E-state index in [1.165, 1.54) is 27.4 Å². The summed E-state index contributed by atoms with van der Waals surface area (Å²) < 4.78 is 0. The third kappa shape index (κ3) is 2.98. The summed E-state index contributed by atoms with van der Waals surface area (Å²) in [5.74, 6) is -0.475. The highest BCUT2D eigenvalue weighted by atomic mass is 32.1. The van der Waals surface area contributed by atoms with Gasteiger partial charge in [-0.3, -0.25) is 9.59 Å². The van der Waals surface area contributed by atoms with Crippen molar-refractivity contribution in [2.45, 2.75) is 19.9 Å². The Morgan fingerprint density at radius 2 is 1.62 bits per heavy atom. The van der Waals surface area contributed by atoms with Gasteiger partial charge in [-0.05, 0) is 48.1 Å². The maximum atomic E-state index is 13.5. The van der Waals surface area contributed by atoms with Crippen molar-refractivity contribution < 1.29 is 9.59 Å². The Morgan fingerprint density at radius 1 is 0.862 bits per heavy atom. The van der Waals surface area contributed by atoms with Crippen LogP contribution in [0.5, 0.6) is 0 Å². The van der Waals surface area contributed by atoms with Crippen LogP contribution in [0.15, 0.2) is 71.7 Å². The molecule has 0 saturated carbocycles. The Bertz CT molecular complexity index is 1130. The quantitative estimate of drug-likeness (QED) is 0.612. The smallest absolute Gasteiger partial charge is 0.282 e. The number of nitrogens with zero attached hydrogens (tertiary/aromatic N) is 2. The summed E-state index contributed by atoms with van der Waals surface area (Å²) in [6.45, 7) is 3.35. The second kappa shape index (κ2) is 7.01. The number of aryl methyl sites for hydroxylation is 1. The van der Waals surface area contributed by atoms with Crippen LogP contribution in [0.1, 0.15) is 21.6 Å². The van der Waals surface area contributed by atoms with Gasteiger partial charge in [-0.15, -0.1) is 11.3 Å². The van der Waals surface area contributed by atoms with Crippen molar-refractivity contribution in [3.63, 3.8) is 0 Å². The van der Waals surface area contributed by atoms with Crippen LogP contribution in [-0.2, 0) is 22.6 Å². The number of carbonyl (C=O) groups excluding carboxylic acids is 2. The summed E-state index contributed by atoms with van der Waals surface area (Å²) in [5, 5.41) is 1.94. The molecule has 144 valence electrons. The number of fused-ring (bicyclic) bond motifs is 1. The zero-order valence-electron chi connectivity index (χ0n) is 16.1. The first-order valence-corrected chi connectivity index (χ1v) is 10.6. The largest absolute Gasteiger partial charge is 0.362 e. The monoisotopic (exact) mass is 400 g/mol. The molecular formula is C24H20N2O2S. The topological polar surface area (TPSA) is 40.6 Å². The molecule has 0 N–H and O–H groups in total. The number of amides is 2. The summed E-state index contributed by atoms with van der Waals surface area (Å²) in [7, 11) is 0. The van der Waals surface area contributed by atoms with Gasteiger partial charge in [-0.25, -0.2) is 4.90 Å². The number of hydrogen-bond acceptors (Lipinski definition) is 4. The van der Waals surface area contributed by atoms with Crippen LogP contribution >= 0.6 is 11.3 Å². The first kappa shape index (κ1) is 17.9. The highest BCUT2D eigenvalue weighted by Crippen LogP contribution is 2.38. The van der Waals surface area contributed by atoms with E-state index in [0.29, 0.717) is 23.5 Å². The minimum atomic E-state index is -0.241. The lowest BCUT2D eigenvalue weighted by molar-refractivity contribution is -0.120. The van der Waals surface area contributed by atoms with Crippen LogP contribution in [-0.4, -0.2) is 23.3 Å². The highest BCUT2D eigenvalue weighted by Gasteiger charge is 2.43. The number of benzene rings is 2. The number of hydrogen-bond donors (Lipinski definition) is 0. The van der Waals surface area contributed by atoms with Crippen LogP contribution in [0.2, 0.25) is 0 Å². The van der Waals surface area contributed by atoms with Gasteiger partial charge in [0.1, 0.15) is 5.70 Å². The van der Waals surface area contributed by atoms with E-state index in [0.717, 1.165) is 23.4 Å². The molecule has 0 saturated heterocycles. The molecular weight excluding hydrogens is 380 g/mol. The fourth-order valence-corrected chi connectivity index (χ4v) is 4.83. The van der Waals surface area contributed by atoms with E-state index in [2.05, 4.69) is 17.0 Å². The SMILES string of the molecule is Cc1ccc(N2C(=O)C(c3cccs3)=C(N3CCc4ccccc4C3)C2=O)cc1. The third-order valence-electron chi connectivity index (χ3n) is 5.57. The van der Waals surface area contributed by atoms with Gasteiger partial charge >= 0.3 is 0 Å². The molecule has 2 aromatic carbocycles. The van der Waals surface area contributed by atoms with Gasteiger partial charge in [0.05, 0.1) is 11.3 Å². The summed E-state index contributed by atoms with van der Waals surface area (Å²) in [6.07, 6.45) is 0.864. The van der Waals surface area contributed by atoms with E-state index >= 15 is 0 Å². The van der Waals surface area contributed by atoms with Crippen molar-refractivity contribution >= 4 is 34.4 Å². The van der Waals surface area contributed by atoms with Crippen molar-refractivity contribution in [3.05, 3.63) is 93.3 Å². The molecule has 0 aliphatic carbocycles. The summed E-state index contributed by atoms with van der Waals surface area (Å²) >= 11 is 1.49. The number of anilines is 1. The number of imide groups is 1. The molecule has 3 aromatic rings. The Morgan fingerprint density at radius 3 is 2.34 bits per heavy atom. The van der Waals surface area contributed by atoms with E-state index in [1.807, 2.05) is 60.8 Å². The van der Waals surface area contributed by atoms with Gasteiger partial charge in [-0.1, -0.05) is 48.0 Å². The highest BCUT2D eigenvalue weighted by molar-refractivity contribution is 7.11. The van der Waals surface area contributed by atoms with E-state index in [1.54, 1.807) is 0 Å². The lowest BCUT2D eigenvalue weighted by Crippen LogP contribution is -2.37. The van der Waals surface area contributed by atoms with E-state index in [9.17, 15) is 9.59 Å². The molecule has 0 atom stereocenters. The predicted molar refractivity (Wildman–Crippen MR) is 115 cm³/mol. The van der Waals surface area contributed by atoms with Crippen LogP contribution in [0.25, 0.3) is 5.57 Å². The van der Waals surface area contributed by atoms with Gasteiger partial charge < -0.3 is 4.90 Å². The fraction of sp³-hybridized carbons (Fsp3) is 0.167. The average Bonchev–Trinajstić information content (AvgIpc) is 3.35. The summed E-state index contributed by atoms with van der Waals surface area (Å²) in [4.78, 5) is 31.2. The standard InChI is InChI=1S/C24H20N2O2S/c1-16-8-10-19(11-9-16)26-23(27)21(20-7-4-14-29-20)22(24(26)28)25-13-12-17-5-2-3-6-18(17)15-25/h2-11,14H,12-13,15H2,1H3. The zero-order chi connectivity index (χ0) is 20.0. The van der Waals surface area contributed by atoms with Gasteiger partial charge in [0.15, 0.2) is 0 Å². The third-order valence-corrected chi connectivity index (χ3v) is 6.45. The molecule has 0 fully saturated rings. The predicted octanol–water partition coefficient (Wildman–Crippen LogP) is 4.40. The molecule has 2 aliphatic heterocycles. The average molecular weight is 401 g/mol. The number of carbonyl (C=O) groups is 2. The van der Waals surface area contributed by atoms with Crippen molar-refractivity contribution in [2.24, 2.45) is 0 Å². The molecule has 29 heavy (non-hydrogen) atoms. The maximum absolute atomic E-state index is 13.5. The number of thiophene rings is 1. The minimum absolute atomic E-state index is 0.235. The van der Waals surface area contributed by atoms with Crippen molar-refractivity contribution in [2.75, 3.05) is 11.4 Å². The molecule has 0 radical (unpaired) electrons. The van der Waals surface area contributed by atoms with E-state index in [-0.39, 0.29) is 11.8 Å². The summed E-state index contributed by atoms with van der Waals surface area (Å²) in [6, 6.07) is 19.7. The van der Waals surface area contributed by atoms with E-state index < -0.39 is 0 Å². The molecule has 2 aliphatic rings. The summed E-state index contributed by atoms with van der Waals surface area (Å²) in [5.41, 5.74) is 5.27. The maximum Gasteiger partial charge on any atom is 0.282 e. The second-order valence-electron chi connectivity index (χ2n) is 7.42. The Kier molecular flexibility index (Phi) is 4.32. The normalized spacial score (nSPS) is 16.6. The van der Waals surface area contributed by atoms with Crippen LogP contribution in [0.4, 0.5) is 5.69 Å². The molecule has 1 aromatic heterocycles. The second-order valence-corrected chi connectivity index (χ2v) is 8.37. The fourth-order valence-electron chi connectivity index (χ4n) is 4.07. The van der Waals surface area contributed by atoms with Crippen molar-refractivity contribution in [1.82, 2.24) is 4.90 Å².